The molecule has 6 nitrogen and oxygen atoms in total. The van der Waals surface area contributed by atoms with Crippen molar-refractivity contribution in [3.05, 3.63) is 64.4 Å². The van der Waals surface area contributed by atoms with Gasteiger partial charge in [0.25, 0.3) is 5.91 Å². The molecule has 5 rings (SSSR count). The van der Waals surface area contributed by atoms with Gasteiger partial charge in [-0.1, -0.05) is 29.8 Å². The summed E-state index contributed by atoms with van der Waals surface area (Å²) in [6, 6.07) is 10.8. The van der Waals surface area contributed by atoms with E-state index in [1.165, 1.54) is 28.0 Å². The molecule has 2 amide bonds. The quantitative estimate of drug-likeness (QED) is 0.697. The Hall–Kier alpha value is -2.93. The van der Waals surface area contributed by atoms with E-state index in [2.05, 4.69) is 0 Å². The van der Waals surface area contributed by atoms with E-state index in [1.54, 1.807) is 24.3 Å². The molecule has 0 radical (unpaired) electrons. The molecule has 154 valence electrons. The fourth-order valence-corrected chi connectivity index (χ4v) is 4.65. The van der Waals surface area contributed by atoms with Crippen molar-refractivity contribution < 1.29 is 23.5 Å². The summed E-state index contributed by atoms with van der Waals surface area (Å²) in [7, 11) is 0. The Morgan fingerprint density at radius 1 is 1.17 bits per heavy atom. The molecule has 2 fully saturated rings. The zero-order valence-corrected chi connectivity index (χ0v) is 16.7. The van der Waals surface area contributed by atoms with Gasteiger partial charge in [-0.05, 0) is 37.1 Å². The van der Waals surface area contributed by atoms with Gasteiger partial charge in [-0.25, -0.2) is 9.18 Å². The third kappa shape index (κ3) is 2.65. The number of rotatable bonds is 4. The van der Waals surface area contributed by atoms with E-state index in [4.69, 9.17) is 16.3 Å². The second-order valence-corrected chi connectivity index (χ2v) is 8.15. The molecule has 1 unspecified atom stereocenters. The number of amides is 2. The van der Waals surface area contributed by atoms with Gasteiger partial charge in [-0.15, -0.1) is 0 Å². The summed E-state index contributed by atoms with van der Waals surface area (Å²) in [6.45, 7) is -0.386. The number of benzene rings is 2. The van der Waals surface area contributed by atoms with Crippen molar-refractivity contribution in [2.45, 2.75) is 44.0 Å². The Bertz CT molecular complexity index is 1070. The Labute approximate surface area is 177 Å². The molecule has 0 N–H and O–H groups in total. The Morgan fingerprint density at radius 3 is 2.67 bits per heavy atom. The minimum atomic E-state index is -1.55. The molecule has 0 bridgehead atoms. The maximum absolute atomic E-state index is 14.1. The highest BCUT2D eigenvalue weighted by atomic mass is 35.5. The third-order valence-corrected chi connectivity index (χ3v) is 6.30. The van der Waals surface area contributed by atoms with Crippen molar-refractivity contribution in [3.8, 4) is 0 Å². The monoisotopic (exact) mass is 428 g/mol. The van der Waals surface area contributed by atoms with E-state index in [-0.39, 0.29) is 47.9 Å². The van der Waals surface area contributed by atoms with Crippen LogP contribution in [0, 0.1) is 5.82 Å². The number of nitrogens with zero attached hydrogens (tertiary/aromatic N) is 2. The molecule has 0 aromatic heterocycles. The van der Waals surface area contributed by atoms with Crippen molar-refractivity contribution >= 4 is 35.1 Å². The van der Waals surface area contributed by atoms with E-state index in [0.29, 0.717) is 11.3 Å². The van der Waals surface area contributed by atoms with Crippen LogP contribution in [0.4, 0.5) is 10.1 Å². The highest BCUT2D eigenvalue weighted by Crippen LogP contribution is 2.49. The summed E-state index contributed by atoms with van der Waals surface area (Å²) in [6.07, 6.45) is 1.75. The zero-order chi connectivity index (χ0) is 21.0. The number of fused-ring (bicyclic) bond motifs is 3. The van der Waals surface area contributed by atoms with Crippen LogP contribution < -0.4 is 4.90 Å². The zero-order valence-electron chi connectivity index (χ0n) is 15.9. The summed E-state index contributed by atoms with van der Waals surface area (Å²) in [5, 5.41) is 0.142. The van der Waals surface area contributed by atoms with Crippen molar-refractivity contribution in [1.29, 1.82) is 0 Å². The molecule has 1 atom stereocenters. The van der Waals surface area contributed by atoms with Crippen molar-refractivity contribution in [2.24, 2.45) is 0 Å². The van der Waals surface area contributed by atoms with Gasteiger partial charge < -0.3 is 9.64 Å². The lowest BCUT2D eigenvalue weighted by atomic mass is 9.96. The summed E-state index contributed by atoms with van der Waals surface area (Å²) in [5.41, 5.74) is -0.704. The number of anilines is 1. The smallest absolute Gasteiger partial charge is 0.354 e. The van der Waals surface area contributed by atoms with Gasteiger partial charge in [0.15, 0.2) is 0 Å². The maximum Gasteiger partial charge on any atom is 0.354 e. The summed E-state index contributed by atoms with van der Waals surface area (Å²) in [5.74, 6) is -1.87. The lowest BCUT2D eigenvalue weighted by molar-refractivity contribution is -0.159. The summed E-state index contributed by atoms with van der Waals surface area (Å²) in [4.78, 5) is 42.6. The fourth-order valence-electron chi connectivity index (χ4n) is 4.44. The van der Waals surface area contributed by atoms with Gasteiger partial charge >= 0.3 is 5.97 Å². The molecular weight excluding hydrogens is 411 g/mol. The van der Waals surface area contributed by atoms with Crippen LogP contribution in [0.5, 0.6) is 0 Å². The maximum atomic E-state index is 14.1. The number of halogens is 2. The van der Waals surface area contributed by atoms with Crippen LogP contribution in [-0.4, -0.2) is 34.4 Å². The minimum Gasteiger partial charge on any atom is -0.457 e. The minimum absolute atomic E-state index is 0.0558. The van der Waals surface area contributed by atoms with Crippen molar-refractivity contribution in [3.63, 3.8) is 0 Å². The van der Waals surface area contributed by atoms with Crippen LogP contribution in [0.15, 0.2) is 42.5 Å². The molecule has 2 aliphatic heterocycles. The van der Waals surface area contributed by atoms with Crippen molar-refractivity contribution in [1.82, 2.24) is 4.90 Å². The molecule has 2 aromatic carbocycles. The SMILES string of the molecule is O=C1CCC2(C(=O)OCc3c(F)cccc3Cl)N1c1ccccc1C(=O)N2C1CC1. The van der Waals surface area contributed by atoms with Gasteiger partial charge in [0.05, 0.1) is 16.3 Å². The lowest BCUT2D eigenvalue weighted by Crippen LogP contribution is -2.69. The summed E-state index contributed by atoms with van der Waals surface area (Å²) >= 11 is 6.05. The predicted octanol–water partition coefficient (Wildman–Crippen LogP) is 3.66. The van der Waals surface area contributed by atoms with E-state index in [0.717, 1.165) is 12.8 Å². The molecule has 0 spiro atoms. The van der Waals surface area contributed by atoms with Crippen LogP contribution in [0.3, 0.4) is 0 Å². The first-order valence-electron chi connectivity index (χ1n) is 9.81. The van der Waals surface area contributed by atoms with Crippen LogP contribution in [0.2, 0.25) is 5.02 Å². The molecule has 1 saturated heterocycles. The number of esters is 1. The molecular formula is C22H18ClFN2O4. The Balaban J connectivity index is 1.56. The Kier molecular flexibility index (Phi) is 4.32. The van der Waals surface area contributed by atoms with Gasteiger partial charge in [-0.2, -0.15) is 0 Å². The fraction of sp³-hybridized carbons (Fsp3) is 0.318. The number of ether oxygens (including phenoxy) is 1. The van der Waals surface area contributed by atoms with E-state index >= 15 is 0 Å². The average molecular weight is 429 g/mol. The molecule has 2 heterocycles. The molecule has 2 aromatic rings. The van der Waals surface area contributed by atoms with Crippen LogP contribution in [0.1, 0.15) is 41.6 Å². The van der Waals surface area contributed by atoms with Gasteiger partial charge in [0, 0.05) is 24.4 Å². The van der Waals surface area contributed by atoms with Gasteiger partial charge in [0.2, 0.25) is 11.6 Å². The van der Waals surface area contributed by atoms with Crippen molar-refractivity contribution in [2.75, 3.05) is 4.90 Å². The Morgan fingerprint density at radius 2 is 1.93 bits per heavy atom. The number of para-hydroxylation sites is 1. The number of hydrogen-bond donors (Lipinski definition) is 0. The first-order valence-corrected chi connectivity index (χ1v) is 10.2. The lowest BCUT2D eigenvalue weighted by Gasteiger charge is -2.48. The number of carbonyl (C=O) groups excluding carboxylic acids is 3. The first kappa shape index (κ1) is 19.1. The molecule has 1 saturated carbocycles. The number of hydrogen-bond acceptors (Lipinski definition) is 4. The normalized spacial score (nSPS) is 22.7. The first-order chi connectivity index (χ1) is 14.4. The third-order valence-electron chi connectivity index (χ3n) is 5.95. The average Bonchev–Trinajstić information content (AvgIpc) is 3.50. The molecule has 8 heteroatoms. The second kappa shape index (κ2) is 6.80. The molecule has 30 heavy (non-hydrogen) atoms. The highest BCUT2D eigenvalue weighted by molar-refractivity contribution is 6.31. The number of carbonyl (C=O) groups is 3. The predicted molar refractivity (Wildman–Crippen MR) is 106 cm³/mol. The molecule has 1 aliphatic carbocycles. The van der Waals surface area contributed by atoms with Crippen LogP contribution in [-0.2, 0) is 20.9 Å². The highest BCUT2D eigenvalue weighted by Gasteiger charge is 2.64. The van der Waals surface area contributed by atoms with Gasteiger partial charge in [0.1, 0.15) is 12.4 Å². The van der Waals surface area contributed by atoms with Gasteiger partial charge in [-0.3, -0.25) is 14.5 Å². The second-order valence-electron chi connectivity index (χ2n) is 7.75. The van der Waals surface area contributed by atoms with E-state index in [1.807, 2.05) is 0 Å². The van der Waals surface area contributed by atoms with Crippen LogP contribution >= 0.6 is 11.6 Å². The topological polar surface area (TPSA) is 66.9 Å². The van der Waals surface area contributed by atoms with E-state index < -0.39 is 17.4 Å². The van der Waals surface area contributed by atoms with E-state index in [9.17, 15) is 18.8 Å². The molecule has 3 aliphatic rings. The summed E-state index contributed by atoms with van der Waals surface area (Å²) < 4.78 is 19.6. The van der Waals surface area contributed by atoms with Crippen LogP contribution in [0.25, 0.3) is 0 Å². The largest absolute Gasteiger partial charge is 0.457 e. The standard InChI is InChI=1S/C22H18ClFN2O4/c23-16-5-3-6-17(24)15(16)12-30-21(29)22-11-10-19(27)26(22)18-7-2-1-4-14(18)20(28)25(22)13-8-9-13/h1-7,13H,8-12H2.